The van der Waals surface area contributed by atoms with Crippen molar-refractivity contribution < 1.29 is 13.9 Å². The lowest BCUT2D eigenvalue weighted by molar-refractivity contribution is -0.142. The zero-order valence-electron chi connectivity index (χ0n) is 17.6. The van der Waals surface area contributed by atoms with E-state index in [1.54, 1.807) is 12.3 Å². The first-order valence-corrected chi connectivity index (χ1v) is 11.0. The van der Waals surface area contributed by atoms with Crippen molar-refractivity contribution in [3.8, 4) is 0 Å². The SMILES string of the molecule is COC(=O)C[C@H]1CCC[C@@H]1[C@](Cn1ccnn1)(c1cccc(F)c1)C1CCNCC1. The van der Waals surface area contributed by atoms with Crippen LogP contribution in [0.1, 0.15) is 44.1 Å². The van der Waals surface area contributed by atoms with Gasteiger partial charge in [-0.3, -0.25) is 9.48 Å². The molecule has 0 amide bonds. The van der Waals surface area contributed by atoms with Crippen molar-refractivity contribution in [2.45, 2.75) is 50.5 Å². The van der Waals surface area contributed by atoms with Gasteiger partial charge in [0, 0.05) is 18.0 Å². The maximum atomic E-state index is 14.5. The number of esters is 1. The molecule has 0 bridgehead atoms. The molecule has 162 valence electrons. The second-order valence-electron chi connectivity index (χ2n) is 8.75. The van der Waals surface area contributed by atoms with Crippen LogP contribution in [-0.2, 0) is 21.5 Å². The van der Waals surface area contributed by atoms with E-state index in [0.717, 1.165) is 50.8 Å². The molecule has 2 aliphatic rings. The van der Waals surface area contributed by atoms with Crippen LogP contribution in [-0.4, -0.2) is 41.2 Å². The van der Waals surface area contributed by atoms with E-state index in [0.29, 0.717) is 18.9 Å². The molecule has 1 N–H and O–H groups in total. The molecular formula is C23H31FN4O2. The zero-order chi connectivity index (χ0) is 21.0. The van der Waals surface area contributed by atoms with E-state index >= 15 is 0 Å². The van der Waals surface area contributed by atoms with E-state index in [-0.39, 0.29) is 29.0 Å². The molecule has 1 saturated heterocycles. The number of nitrogens with one attached hydrogen (secondary N) is 1. The van der Waals surface area contributed by atoms with Gasteiger partial charge in [-0.25, -0.2) is 4.39 Å². The van der Waals surface area contributed by atoms with Crippen molar-refractivity contribution >= 4 is 5.97 Å². The van der Waals surface area contributed by atoms with Crippen molar-refractivity contribution in [2.75, 3.05) is 20.2 Å². The molecule has 2 fully saturated rings. The Hall–Kier alpha value is -2.28. The molecule has 0 radical (unpaired) electrons. The van der Waals surface area contributed by atoms with Crippen LogP contribution >= 0.6 is 0 Å². The fourth-order valence-electron chi connectivity index (χ4n) is 6.05. The average Bonchev–Trinajstić information content (AvgIpc) is 3.45. The van der Waals surface area contributed by atoms with Crippen molar-refractivity contribution in [3.63, 3.8) is 0 Å². The van der Waals surface area contributed by atoms with Gasteiger partial charge in [0.05, 0.1) is 19.9 Å². The molecule has 2 heterocycles. The third kappa shape index (κ3) is 4.13. The molecule has 1 aromatic carbocycles. The molecule has 1 aliphatic heterocycles. The summed E-state index contributed by atoms with van der Waals surface area (Å²) in [7, 11) is 1.45. The van der Waals surface area contributed by atoms with E-state index in [1.807, 2.05) is 16.9 Å². The molecule has 1 aromatic heterocycles. The number of carbonyl (C=O) groups is 1. The lowest BCUT2D eigenvalue weighted by Gasteiger charge is -2.49. The lowest BCUT2D eigenvalue weighted by Crippen LogP contribution is -2.51. The summed E-state index contributed by atoms with van der Waals surface area (Å²) in [4.78, 5) is 12.2. The van der Waals surface area contributed by atoms with Crippen molar-refractivity contribution in [3.05, 3.63) is 48.0 Å². The predicted molar refractivity (Wildman–Crippen MR) is 111 cm³/mol. The maximum Gasteiger partial charge on any atom is 0.305 e. The lowest BCUT2D eigenvalue weighted by atomic mass is 9.57. The Morgan fingerprint density at radius 1 is 1.30 bits per heavy atom. The topological polar surface area (TPSA) is 69.0 Å². The summed E-state index contributed by atoms with van der Waals surface area (Å²) in [6.45, 7) is 2.55. The smallest absolute Gasteiger partial charge is 0.305 e. The van der Waals surface area contributed by atoms with Gasteiger partial charge in [0.1, 0.15) is 5.82 Å². The Morgan fingerprint density at radius 2 is 2.13 bits per heavy atom. The maximum absolute atomic E-state index is 14.5. The van der Waals surface area contributed by atoms with Gasteiger partial charge in [-0.05, 0) is 74.2 Å². The van der Waals surface area contributed by atoms with E-state index in [9.17, 15) is 9.18 Å². The summed E-state index contributed by atoms with van der Waals surface area (Å²) in [6.07, 6.45) is 9.14. The van der Waals surface area contributed by atoms with Gasteiger partial charge in [0.15, 0.2) is 0 Å². The normalized spacial score (nSPS) is 24.5. The number of nitrogens with zero attached hydrogens (tertiary/aromatic N) is 3. The monoisotopic (exact) mass is 414 g/mol. The van der Waals surface area contributed by atoms with Gasteiger partial charge in [-0.2, -0.15) is 0 Å². The molecule has 3 atom stereocenters. The number of hydrogen-bond donors (Lipinski definition) is 1. The van der Waals surface area contributed by atoms with Crippen LogP contribution in [0.25, 0.3) is 0 Å². The zero-order valence-corrected chi connectivity index (χ0v) is 17.6. The number of aromatic nitrogens is 3. The molecular weight excluding hydrogens is 383 g/mol. The Labute approximate surface area is 177 Å². The van der Waals surface area contributed by atoms with Crippen LogP contribution < -0.4 is 5.32 Å². The van der Waals surface area contributed by atoms with Crippen LogP contribution in [0.15, 0.2) is 36.7 Å². The molecule has 0 unspecified atom stereocenters. The van der Waals surface area contributed by atoms with E-state index in [2.05, 4.69) is 21.7 Å². The van der Waals surface area contributed by atoms with E-state index in [1.165, 1.54) is 13.2 Å². The predicted octanol–water partition coefficient (Wildman–Crippen LogP) is 3.33. The largest absolute Gasteiger partial charge is 0.469 e. The molecule has 1 aliphatic carbocycles. The number of rotatable bonds is 7. The van der Waals surface area contributed by atoms with E-state index in [4.69, 9.17) is 4.74 Å². The van der Waals surface area contributed by atoms with Crippen molar-refractivity contribution in [2.24, 2.45) is 17.8 Å². The fourth-order valence-corrected chi connectivity index (χ4v) is 6.05. The first-order chi connectivity index (χ1) is 14.6. The minimum atomic E-state index is -0.312. The highest BCUT2D eigenvalue weighted by atomic mass is 19.1. The van der Waals surface area contributed by atoms with Crippen LogP contribution in [0.2, 0.25) is 0 Å². The highest BCUT2D eigenvalue weighted by molar-refractivity contribution is 5.69. The summed E-state index contributed by atoms with van der Waals surface area (Å²) in [6, 6.07) is 7.08. The van der Waals surface area contributed by atoms with Crippen molar-refractivity contribution in [1.82, 2.24) is 20.3 Å². The summed E-state index contributed by atoms with van der Waals surface area (Å²) >= 11 is 0. The van der Waals surface area contributed by atoms with Crippen LogP contribution in [0.5, 0.6) is 0 Å². The summed E-state index contributed by atoms with van der Waals surface area (Å²) < 4.78 is 21.4. The summed E-state index contributed by atoms with van der Waals surface area (Å²) in [5, 5.41) is 11.8. The Bertz CT molecular complexity index is 837. The molecule has 2 aromatic rings. The van der Waals surface area contributed by atoms with Gasteiger partial charge in [0.25, 0.3) is 0 Å². The van der Waals surface area contributed by atoms with Gasteiger partial charge in [0.2, 0.25) is 0 Å². The van der Waals surface area contributed by atoms with E-state index < -0.39 is 0 Å². The highest BCUT2D eigenvalue weighted by Gasteiger charge is 2.51. The number of methoxy groups -OCH3 is 1. The standard InChI is InChI=1S/C23H31FN4O2/c1-30-22(29)14-17-4-2-7-21(17)23(16-28-13-12-26-27-28,18-8-10-25-11-9-18)19-5-3-6-20(24)15-19/h3,5-6,12-13,15,17-18,21,25H,2,4,7-11,14,16H2,1H3/t17-,21+,23+/m1/s1. The van der Waals surface area contributed by atoms with Gasteiger partial charge >= 0.3 is 5.97 Å². The van der Waals surface area contributed by atoms with Crippen LogP contribution in [0, 0.1) is 23.6 Å². The molecule has 6 nitrogen and oxygen atoms in total. The first kappa shape index (κ1) is 21.0. The third-order valence-electron chi connectivity index (χ3n) is 7.30. The van der Waals surface area contributed by atoms with Gasteiger partial charge in [-0.15, -0.1) is 5.10 Å². The summed E-state index contributed by atoms with van der Waals surface area (Å²) in [5.74, 6) is 0.468. The number of hydrogen-bond acceptors (Lipinski definition) is 5. The number of benzene rings is 1. The van der Waals surface area contributed by atoms with Crippen LogP contribution in [0.3, 0.4) is 0 Å². The molecule has 30 heavy (non-hydrogen) atoms. The Kier molecular flexibility index (Phi) is 6.46. The molecule has 1 saturated carbocycles. The molecule has 7 heteroatoms. The molecule has 0 spiro atoms. The second kappa shape index (κ2) is 9.25. The Balaban J connectivity index is 1.83. The second-order valence-corrected chi connectivity index (χ2v) is 8.75. The van der Waals surface area contributed by atoms with Crippen LogP contribution in [0.4, 0.5) is 4.39 Å². The number of carbonyl (C=O) groups excluding carboxylic acids is 1. The van der Waals surface area contributed by atoms with Gasteiger partial charge in [-0.1, -0.05) is 23.8 Å². The number of halogens is 1. The summed E-state index contributed by atoms with van der Waals surface area (Å²) in [5.41, 5.74) is 0.708. The number of piperidine rings is 1. The van der Waals surface area contributed by atoms with Gasteiger partial charge < -0.3 is 10.1 Å². The minimum Gasteiger partial charge on any atom is -0.469 e. The highest BCUT2D eigenvalue weighted by Crippen LogP contribution is 2.54. The quantitative estimate of drug-likeness (QED) is 0.704. The van der Waals surface area contributed by atoms with Crippen molar-refractivity contribution in [1.29, 1.82) is 0 Å². The molecule has 4 rings (SSSR count). The third-order valence-corrected chi connectivity index (χ3v) is 7.30. The minimum absolute atomic E-state index is 0.161. The Morgan fingerprint density at radius 3 is 2.83 bits per heavy atom. The fraction of sp³-hybridized carbons (Fsp3) is 0.609. The first-order valence-electron chi connectivity index (χ1n) is 11.0. The average molecular weight is 415 g/mol. The number of ether oxygens (including phenoxy) is 1.